The minimum absolute atomic E-state index is 0.00728. The molecule has 6 heteroatoms. The molecule has 0 saturated carbocycles. The third-order valence-electron chi connectivity index (χ3n) is 2.97. The zero-order valence-electron chi connectivity index (χ0n) is 13.7. The van der Waals surface area contributed by atoms with Gasteiger partial charge in [-0.15, -0.1) is 0 Å². The number of aromatic nitrogens is 2. The molecule has 0 aliphatic heterocycles. The molecule has 1 amide bonds. The first-order valence-corrected chi connectivity index (χ1v) is 7.49. The van der Waals surface area contributed by atoms with Crippen LogP contribution in [0.2, 0.25) is 0 Å². The molecular formula is C15H27N5O. The van der Waals surface area contributed by atoms with E-state index in [1.165, 1.54) is 0 Å². The molecular weight excluding hydrogens is 266 g/mol. The van der Waals surface area contributed by atoms with E-state index in [2.05, 4.69) is 41.4 Å². The van der Waals surface area contributed by atoms with Gasteiger partial charge in [-0.3, -0.25) is 4.79 Å². The van der Waals surface area contributed by atoms with Gasteiger partial charge in [-0.05, 0) is 12.3 Å². The van der Waals surface area contributed by atoms with Gasteiger partial charge in [0, 0.05) is 33.1 Å². The van der Waals surface area contributed by atoms with Crippen LogP contribution < -0.4 is 15.5 Å². The molecule has 0 atom stereocenters. The number of carbonyl (C=O) groups excluding carboxylic acids is 1. The third-order valence-corrected chi connectivity index (χ3v) is 2.97. The van der Waals surface area contributed by atoms with E-state index in [1.54, 1.807) is 0 Å². The normalized spacial score (nSPS) is 10.6. The fourth-order valence-corrected chi connectivity index (χ4v) is 1.81. The maximum atomic E-state index is 11.9. The number of aryl methyl sites for hydroxylation is 1. The van der Waals surface area contributed by atoms with E-state index in [9.17, 15) is 4.79 Å². The monoisotopic (exact) mass is 293 g/mol. The number of nitrogens with zero attached hydrogens (tertiary/aromatic N) is 3. The molecule has 2 N–H and O–H groups in total. The number of anilines is 2. The lowest BCUT2D eigenvalue weighted by Gasteiger charge is -2.19. The van der Waals surface area contributed by atoms with Gasteiger partial charge in [-0.1, -0.05) is 20.8 Å². The van der Waals surface area contributed by atoms with Crippen molar-refractivity contribution < 1.29 is 4.79 Å². The van der Waals surface area contributed by atoms with Crippen molar-refractivity contribution in [2.45, 2.75) is 33.6 Å². The first-order valence-electron chi connectivity index (χ1n) is 7.49. The molecule has 21 heavy (non-hydrogen) atoms. The lowest BCUT2D eigenvalue weighted by molar-refractivity contribution is -0.119. The second kappa shape index (κ2) is 8.44. The van der Waals surface area contributed by atoms with Crippen molar-refractivity contribution in [2.75, 3.05) is 37.4 Å². The summed E-state index contributed by atoms with van der Waals surface area (Å²) in [5, 5.41) is 5.95. The van der Waals surface area contributed by atoms with Crippen LogP contribution in [-0.4, -0.2) is 43.1 Å². The van der Waals surface area contributed by atoms with Crippen LogP contribution in [0.25, 0.3) is 0 Å². The van der Waals surface area contributed by atoms with E-state index in [0.29, 0.717) is 19.0 Å². The summed E-state index contributed by atoms with van der Waals surface area (Å²) in [6, 6.07) is 1.86. The molecule has 1 aromatic heterocycles. The molecule has 0 spiro atoms. The quantitative estimate of drug-likeness (QED) is 0.763. The van der Waals surface area contributed by atoms with Crippen molar-refractivity contribution >= 4 is 17.5 Å². The summed E-state index contributed by atoms with van der Waals surface area (Å²) >= 11 is 0. The molecule has 0 fully saturated rings. The molecule has 118 valence electrons. The summed E-state index contributed by atoms with van der Waals surface area (Å²) in [7, 11) is 3.70. The first-order chi connectivity index (χ1) is 9.96. The number of rotatable bonds is 8. The van der Waals surface area contributed by atoms with Crippen LogP contribution in [0.15, 0.2) is 6.07 Å². The minimum Gasteiger partial charge on any atom is -0.373 e. The minimum atomic E-state index is 0.00728. The Labute approximate surface area is 127 Å². The second-order valence-electron chi connectivity index (χ2n) is 5.58. The highest BCUT2D eigenvalue weighted by atomic mass is 16.2. The smallest absolute Gasteiger partial charge is 0.239 e. The number of hydrogen-bond donors (Lipinski definition) is 2. The lowest BCUT2D eigenvalue weighted by Crippen LogP contribution is -2.37. The molecule has 1 aromatic rings. The van der Waals surface area contributed by atoms with Crippen molar-refractivity contribution in [1.29, 1.82) is 0 Å². The SMILES string of the molecule is CCCc1nc(NC)cc(N(C)CC(=O)NCC(C)C)n1. The van der Waals surface area contributed by atoms with Gasteiger partial charge in [-0.25, -0.2) is 9.97 Å². The van der Waals surface area contributed by atoms with Crippen LogP contribution >= 0.6 is 0 Å². The summed E-state index contributed by atoms with van der Waals surface area (Å²) in [6.07, 6.45) is 1.82. The fraction of sp³-hybridized carbons (Fsp3) is 0.667. The van der Waals surface area contributed by atoms with Crippen molar-refractivity contribution in [3.63, 3.8) is 0 Å². The van der Waals surface area contributed by atoms with Crippen LogP contribution in [0.5, 0.6) is 0 Å². The zero-order valence-corrected chi connectivity index (χ0v) is 13.7. The predicted molar refractivity (Wildman–Crippen MR) is 86.7 cm³/mol. The van der Waals surface area contributed by atoms with Crippen LogP contribution in [0.3, 0.4) is 0 Å². The van der Waals surface area contributed by atoms with Crippen molar-refractivity contribution in [3.05, 3.63) is 11.9 Å². The zero-order chi connectivity index (χ0) is 15.8. The van der Waals surface area contributed by atoms with Crippen molar-refractivity contribution in [2.24, 2.45) is 5.92 Å². The molecule has 1 heterocycles. The number of carbonyl (C=O) groups is 1. The Hall–Kier alpha value is -1.85. The predicted octanol–water partition coefficient (Wildman–Crippen LogP) is 1.68. The van der Waals surface area contributed by atoms with Gasteiger partial charge in [0.15, 0.2) is 0 Å². The summed E-state index contributed by atoms with van der Waals surface area (Å²) in [4.78, 5) is 22.7. The van der Waals surface area contributed by atoms with Crippen molar-refractivity contribution in [1.82, 2.24) is 15.3 Å². The molecule has 0 aromatic carbocycles. The number of hydrogen-bond acceptors (Lipinski definition) is 5. The van der Waals surface area contributed by atoms with E-state index in [0.717, 1.165) is 30.3 Å². The van der Waals surface area contributed by atoms with Gasteiger partial charge < -0.3 is 15.5 Å². The van der Waals surface area contributed by atoms with Crippen LogP contribution in [0.1, 0.15) is 33.0 Å². The largest absolute Gasteiger partial charge is 0.373 e. The standard InChI is InChI=1S/C15H27N5O/c1-6-7-12-18-13(16-4)8-14(19-12)20(5)10-15(21)17-9-11(2)3/h8,11H,6-7,9-10H2,1-5H3,(H,17,21)(H,16,18,19). The highest BCUT2D eigenvalue weighted by Crippen LogP contribution is 2.15. The second-order valence-corrected chi connectivity index (χ2v) is 5.58. The summed E-state index contributed by atoms with van der Waals surface area (Å²) in [5.74, 6) is 2.79. The fourth-order valence-electron chi connectivity index (χ4n) is 1.81. The van der Waals surface area contributed by atoms with Crippen LogP contribution in [0, 0.1) is 5.92 Å². The molecule has 0 aliphatic carbocycles. The third kappa shape index (κ3) is 5.97. The van der Waals surface area contributed by atoms with Gasteiger partial charge in [0.05, 0.1) is 6.54 Å². The number of likely N-dealkylation sites (N-methyl/N-ethyl adjacent to an activating group) is 1. The highest BCUT2D eigenvalue weighted by Gasteiger charge is 2.11. The maximum absolute atomic E-state index is 11.9. The highest BCUT2D eigenvalue weighted by molar-refractivity contribution is 5.81. The van der Waals surface area contributed by atoms with Gasteiger partial charge in [0.25, 0.3) is 0 Å². The Morgan fingerprint density at radius 1 is 1.38 bits per heavy atom. The lowest BCUT2D eigenvalue weighted by atomic mass is 10.2. The Bertz CT molecular complexity index is 461. The number of nitrogens with one attached hydrogen (secondary N) is 2. The Kier molecular flexibility index (Phi) is 6.91. The first kappa shape index (κ1) is 17.2. The van der Waals surface area contributed by atoms with Crippen LogP contribution in [-0.2, 0) is 11.2 Å². The Morgan fingerprint density at radius 3 is 2.67 bits per heavy atom. The summed E-state index contributed by atoms with van der Waals surface area (Å²) < 4.78 is 0. The van der Waals surface area contributed by atoms with Gasteiger partial charge in [0.2, 0.25) is 5.91 Å². The van der Waals surface area contributed by atoms with Gasteiger partial charge in [0.1, 0.15) is 17.5 Å². The maximum Gasteiger partial charge on any atom is 0.239 e. The van der Waals surface area contributed by atoms with E-state index in [-0.39, 0.29) is 5.91 Å². The number of amides is 1. The molecule has 0 unspecified atom stereocenters. The van der Waals surface area contributed by atoms with E-state index in [1.807, 2.05) is 25.1 Å². The summed E-state index contributed by atoms with van der Waals surface area (Å²) in [6.45, 7) is 7.23. The van der Waals surface area contributed by atoms with Gasteiger partial charge >= 0.3 is 0 Å². The molecule has 0 saturated heterocycles. The molecule has 0 aliphatic rings. The molecule has 0 radical (unpaired) electrons. The molecule has 1 rings (SSSR count). The van der Waals surface area contributed by atoms with Crippen LogP contribution in [0.4, 0.5) is 11.6 Å². The Morgan fingerprint density at radius 2 is 2.10 bits per heavy atom. The average Bonchev–Trinajstić information content (AvgIpc) is 2.45. The van der Waals surface area contributed by atoms with E-state index in [4.69, 9.17) is 0 Å². The summed E-state index contributed by atoms with van der Waals surface area (Å²) in [5.41, 5.74) is 0. The molecule has 0 bridgehead atoms. The van der Waals surface area contributed by atoms with E-state index < -0.39 is 0 Å². The average molecular weight is 293 g/mol. The van der Waals surface area contributed by atoms with Gasteiger partial charge in [-0.2, -0.15) is 0 Å². The topological polar surface area (TPSA) is 70.2 Å². The molecule has 6 nitrogen and oxygen atoms in total. The van der Waals surface area contributed by atoms with Crippen molar-refractivity contribution in [3.8, 4) is 0 Å². The Balaban J connectivity index is 2.74. The van der Waals surface area contributed by atoms with E-state index >= 15 is 0 Å².